The summed E-state index contributed by atoms with van der Waals surface area (Å²) in [5.74, 6) is 0.826. The van der Waals surface area contributed by atoms with Crippen molar-refractivity contribution >= 4 is 0 Å². The lowest BCUT2D eigenvalue weighted by atomic mass is 10.1. The average molecular weight is 263 g/mol. The predicted octanol–water partition coefficient (Wildman–Crippen LogP) is 3.55. The van der Waals surface area contributed by atoms with E-state index in [0.29, 0.717) is 24.4 Å². The third-order valence-corrected chi connectivity index (χ3v) is 4.11. The topological polar surface area (TPSA) is 32.7 Å². The number of phenols is 1. The molecule has 0 bridgehead atoms. The molecule has 1 fully saturated rings. The van der Waals surface area contributed by atoms with Crippen molar-refractivity contribution in [2.24, 2.45) is 0 Å². The monoisotopic (exact) mass is 263 g/mol. The molecule has 1 aliphatic heterocycles. The largest absolute Gasteiger partial charge is 0.504 e. The van der Waals surface area contributed by atoms with Gasteiger partial charge in [0.1, 0.15) is 0 Å². The molecule has 1 saturated heterocycles. The molecule has 2 rings (SSSR count). The molecule has 1 aromatic rings. The summed E-state index contributed by atoms with van der Waals surface area (Å²) in [6, 6.07) is 7.04. The van der Waals surface area contributed by atoms with Crippen LogP contribution in [0, 0.1) is 0 Å². The fourth-order valence-electron chi connectivity index (χ4n) is 2.99. The highest BCUT2D eigenvalue weighted by atomic mass is 16.5. The maximum atomic E-state index is 9.74. The summed E-state index contributed by atoms with van der Waals surface area (Å²) in [4.78, 5) is 2.57. The summed E-state index contributed by atoms with van der Waals surface area (Å²) in [6.07, 6.45) is 3.80. The van der Waals surface area contributed by atoms with E-state index in [4.69, 9.17) is 4.74 Å². The summed E-state index contributed by atoms with van der Waals surface area (Å²) in [7, 11) is 0. The molecule has 106 valence electrons. The molecule has 0 aromatic heterocycles. The van der Waals surface area contributed by atoms with Gasteiger partial charge in [0.25, 0.3) is 0 Å². The highest BCUT2D eigenvalue weighted by Gasteiger charge is 2.29. The van der Waals surface area contributed by atoms with Gasteiger partial charge < -0.3 is 9.84 Å². The van der Waals surface area contributed by atoms with Gasteiger partial charge in [0, 0.05) is 18.6 Å². The van der Waals surface area contributed by atoms with Crippen LogP contribution in [-0.2, 0) is 6.54 Å². The zero-order chi connectivity index (χ0) is 13.8. The Kier molecular flexibility index (Phi) is 4.70. The first kappa shape index (κ1) is 14.2. The van der Waals surface area contributed by atoms with Gasteiger partial charge in [0.05, 0.1) is 6.61 Å². The fourth-order valence-corrected chi connectivity index (χ4v) is 2.99. The maximum absolute atomic E-state index is 9.74. The Bertz CT molecular complexity index is 419. The summed E-state index contributed by atoms with van der Waals surface area (Å²) < 4.78 is 5.45. The van der Waals surface area contributed by atoms with Crippen LogP contribution in [0.1, 0.15) is 45.6 Å². The number of ether oxygens (including phenoxy) is 1. The molecule has 0 radical (unpaired) electrons. The van der Waals surface area contributed by atoms with E-state index < -0.39 is 0 Å². The molecule has 0 spiro atoms. The second kappa shape index (κ2) is 6.29. The molecule has 3 heteroatoms. The van der Waals surface area contributed by atoms with Crippen LogP contribution in [0.2, 0.25) is 0 Å². The highest BCUT2D eigenvalue weighted by molar-refractivity contribution is 5.41. The number of benzene rings is 1. The van der Waals surface area contributed by atoms with Gasteiger partial charge >= 0.3 is 0 Å². The zero-order valence-corrected chi connectivity index (χ0v) is 12.2. The maximum Gasteiger partial charge on any atom is 0.161 e. The van der Waals surface area contributed by atoms with Gasteiger partial charge in [-0.1, -0.05) is 13.0 Å². The van der Waals surface area contributed by atoms with Gasteiger partial charge in [-0.2, -0.15) is 0 Å². The van der Waals surface area contributed by atoms with Gasteiger partial charge in [0.15, 0.2) is 11.5 Å². The van der Waals surface area contributed by atoms with Gasteiger partial charge in [-0.15, -0.1) is 0 Å². The van der Waals surface area contributed by atoms with E-state index >= 15 is 0 Å². The molecular weight excluding hydrogens is 238 g/mol. The van der Waals surface area contributed by atoms with Gasteiger partial charge in [0.2, 0.25) is 0 Å². The van der Waals surface area contributed by atoms with Crippen LogP contribution in [0.3, 0.4) is 0 Å². The molecule has 1 N–H and O–H groups in total. The number of hydrogen-bond acceptors (Lipinski definition) is 3. The average Bonchev–Trinajstić information content (AvgIpc) is 2.75. The molecule has 1 heterocycles. The van der Waals surface area contributed by atoms with Crippen molar-refractivity contribution in [1.29, 1.82) is 0 Å². The Labute approximate surface area is 116 Å². The minimum atomic E-state index is 0.229. The third kappa shape index (κ3) is 3.21. The Hall–Kier alpha value is -1.22. The van der Waals surface area contributed by atoms with E-state index in [1.165, 1.54) is 24.8 Å². The zero-order valence-electron chi connectivity index (χ0n) is 12.2. The van der Waals surface area contributed by atoms with Crippen molar-refractivity contribution < 1.29 is 9.84 Å². The molecule has 1 aromatic carbocycles. The fraction of sp³-hybridized carbons (Fsp3) is 0.625. The SMILES string of the molecule is CCOc1cc(CN2C(C)CCC2CC)ccc1O. The van der Waals surface area contributed by atoms with E-state index in [9.17, 15) is 5.11 Å². The summed E-state index contributed by atoms with van der Waals surface area (Å²) in [6.45, 7) is 8.02. The van der Waals surface area contributed by atoms with Crippen LogP contribution in [0.15, 0.2) is 18.2 Å². The first-order valence-electron chi connectivity index (χ1n) is 7.36. The first-order valence-corrected chi connectivity index (χ1v) is 7.36. The van der Waals surface area contributed by atoms with Crippen LogP contribution in [0.25, 0.3) is 0 Å². The Morgan fingerprint density at radius 2 is 2.11 bits per heavy atom. The Morgan fingerprint density at radius 1 is 1.32 bits per heavy atom. The van der Waals surface area contributed by atoms with Crippen molar-refractivity contribution in [3.8, 4) is 11.5 Å². The first-order chi connectivity index (χ1) is 9.15. The van der Waals surface area contributed by atoms with E-state index in [0.717, 1.165) is 6.54 Å². The Balaban J connectivity index is 2.12. The van der Waals surface area contributed by atoms with Crippen molar-refractivity contribution in [3.63, 3.8) is 0 Å². The summed E-state index contributed by atoms with van der Waals surface area (Å²) >= 11 is 0. The minimum absolute atomic E-state index is 0.229. The van der Waals surface area contributed by atoms with E-state index in [2.05, 4.69) is 18.7 Å². The van der Waals surface area contributed by atoms with Crippen LogP contribution < -0.4 is 4.74 Å². The van der Waals surface area contributed by atoms with Gasteiger partial charge in [-0.3, -0.25) is 4.90 Å². The number of rotatable bonds is 5. The lowest BCUT2D eigenvalue weighted by molar-refractivity contribution is 0.189. The molecule has 19 heavy (non-hydrogen) atoms. The standard InChI is InChI=1S/C16H25NO2/c1-4-14-8-6-12(3)17(14)11-13-7-9-15(18)16(10-13)19-5-2/h7,9-10,12,14,18H,4-6,8,11H2,1-3H3. The summed E-state index contributed by atoms with van der Waals surface area (Å²) in [5.41, 5.74) is 1.22. The van der Waals surface area contributed by atoms with E-state index in [1.807, 2.05) is 19.1 Å². The van der Waals surface area contributed by atoms with Crippen molar-refractivity contribution in [2.45, 2.75) is 58.7 Å². The van der Waals surface area contributed by atoms with Gasteiger partial charge in [-0.25, -0.2) is 0 Å². The normalized spacial score (nSPS) is 23.7. The number of phenolic OH excluding ortho intramolecular Hbond substituents is 1. The second-order valence-corrected chi connectivity index (χ2v) is 5.40. The molecule has 0 saturated carbocycles. The molecule has 1 aliphatic rings. The molecule has 2 unspecified atom stereocenters. The lowest BCUT2D eigenvalue weighted by Crippen LogP contribution is -2.33. The van der Waals surface area contributed by atoms with E-state index in [-0.39, 0.29) is 5.75 Å². The molecule has 2 atom stereocenters. The van der Waals surface area contributed by atoms with Crippen LogP contribution in [0.4, 0.5) is 0 Å². The molecular formula is C16H25NO2. The van der Waals surface area contributed by atoms with Crippen LogP contribution in [0.5, 0.6) is 11.5 Å². The molecule has 3 nitrogen and oxygen atoms in total. The third-order valence-electron chi connectivity index (χ3n) is 4.11. The van der Waals surface area contributed by atoms with Gasteiger partial charge in [-0.05, 0) is 50.8 Å². The van der Waals surface area contributed by atoms with Crippen LogP contribution in [-0.4, -0.2) is 28.7 Å². The highest BCUT2D eigenvalue weighted by Crippen LogP contribution is 2.31. The minimum Gasteiger partial charge on any atom is -0.504 e. The summed E-state index contributed by atoms with van der Waals surface area (Å²) in [5, 5.41) is 9.74. The number of likely N-dealkylation sites (tertiary alicyclic amines) is 1. The second-order valence-electron chi connectivity index (χ2n) is 5.40. The van der Waals surface area contributed by atoms with E-state index in [1.54, 1.807) is 6.07 Å². The number of nitrogens with zero attached hydrogens (tertiary/aromatic N) is 1. The smallest absolute Gasteiger partial charge is 0.161 e. The number of hydrogen-bond donors (Lipinski definition) is 1. The quantitative estimate of drug-likeness (QED) is 0.881. The molecule has 0 aliphatic carbocycles. The lowest BCUT2D eigenvalue weighted by Gasteiger charge is -2.27. The van der Waals surface area contributed by atoms with Crippen molar-refractivity contribution in [2.75, 3.05) is 6.61 Å². The van der Waals surface area contributed by atoms with Crippen molar-refractivity contribution in [3.05, 3.63) is 23.8 Å². The Morgan fingerprint density at radius 3 is 2.79 bits per heavy atom. The van der Waals surface area contributed by atoms with Crippen LogP contribution >= 0.6 is 0 Å². The molecule has 0 amide bonds. The number of aromatic hydroxyl groups is 1. The predicted molar refractivity (Wildman–Crippen MR) is 77.6 cm³/mol. The van der Waals surface area contributed by atoms with Crippen molar-refractivity contribution in [1.82, 2.24) is 4.90 Å².